The lowest BCUT2D eigenvalue weighted by Crippen LogP contribution is -3.09. The molecule has 0 saturated carbocycles. The average molecular weight is 210 g/mol. The van der Waals surface area contributed by atoms with Crippen LogP contribution in [0.5, 0.6) is 0 Å². The molecule has 1 unspecified atom stereocenters. The average Bonchev–Trinajstić information content (AvgIpc) is 2.54. The van der Waals surface area contributed by atoms with Crippen molar-refractivity contribution in [1.29, 1.82) is 0 Å². The van der Waals surface area contributed by atoms with Crippen LogP contribution in [-0.2, 0) is 0 Å². The van der Waals surface area contributed by atoms with Crippen LogP contribution >= 0.6 is 0 Å². The smallest absolute Gasteiger partial charge is 0.139 e. The van der Waals surface area contributed by atoms with Crippen LogP contribution < -0.4 is 4.90 Å². The van der Waals surface area contributed by atoms with Crippen molar-refractivity contribution in [2.75, 3.05) is 19.6 Å². The Hall–Kier alpha value is -0.520. The number of hydrogen-bond acceptors (Lipinski definition) is 1. The number of nitrogens with one attached hydrogen (secondary N) is 1. The van der Waals surface area contributed by atoms with Gasteiger partial charge in [0.1, 0.15) is 12.1 Å². The summed E-state index contributed by atoms with van der Waals surface area (Å²) in [7, 11) is 0. The molecule has 1 fully saturated rings. The number of rotatable bonds is 1. The molecule has 1 rings (SSSR count). The Morgan fingerprint density at radius 2 is 1.67 bits per heavy atom. The van der Waals surface area contributed by atoms with E-state index in [1.165, 1.54) is 25.9 Å². The predicted octanol–water partition coefficient (Wildman–Crippen LogP) is 0.466. The van der Waals surface area contributed by atoms with E-state index in [0.29, 0.717) is 0 Å². The number of aliphatic hydroxyl groups is 1. The molecule has 1 aliphatic heterocycles. The summed E-state index contributed by atoms with van der Waals surface area (Å²) in [6, 6.07) is 0. The van der Waals surface area contributed by atoms with Crippen molar-refractivity contribution in [3.05, 3.63) is 0 Å². The molecule has 1 saturated heterocycles. The van der Waals surface area contributed by atoms with Gasteiger partial charge in [-0.25, -0.2) is 0 Å². The zero-order valence-electron chi connectivity index (χ0n) is 10.5. The first-order chi connectivity index (χ1) is 6.83. The molecule has 0 spiro atoms. The summed E-state index contributed by atoms with van der Waals surface area (Å²) >= 11 is 0. The number of likely N-dealkylation sites (tertiary alicyclic amines) is 1. The van der Waals surface area contributed by atoms with Crippen LogP contribution in [0.3, 0.4) is 0 Å². The van der Waals surface area contributed by atoms with Crippen molar-refractivity contribution >= 4 is 0 Å². The highest BCUT2D eigenvalue weighted by molar-refractivity contribution is 5.16. The minimum Gasteiger partial charge on any atom is -0.377 e. The first-order valence-electron chi connectivity index (χ1n) is 5.89. The minimum absolute atomic E-state index is 0.180. The third kappa shape index (κ3) is 3.52. The second-order valence-electron chi connectivity index (χ2n) is 5.76. The van der Waals surface area contributed by atoms with E-state index in [2.05, 4.69) is 11.8 Å². The second-order valence-corrected chi connectivity index (χ2v) is 5.76. The molecule has 0 radical (unpaired) electrons. The van der Waals surface area contributed by atoms with Gasteiger partial charge in [-0.1, -0.05) is 26.7 Å². The first kappa shape index (κ1) is 12.5. The van der Waals surface area contributed by atoms with Gasteiger partial charge < -0.3 is 10.0 Å². The van der Waals surface area contributed by atoms with Crippen molar-refractivity contribution in [1.82, 2.24) is 0 Å². The van der Waals surface area contributed by atoms with Crippen molar-refractivity contribution in [2.45, 2.75) is 46.1 Å². The van der Waals surface area contributed by atoms with E-state index in [1.54, 1.807) is 11.8 Å². The van der Waals surface area contributed by atoms with Crippen LogP contribution in [0, 0.1) is 17.3 Å². The van der Waals surface area contributed by atoms with Crippen LogP contribution in [0.2, 0.25) is 0 Å². The van der Waals surface area contributed by atoms with Gasteiger partial charge in [-0.3, -0.25) is 0 Å². The van der Waals surface area contributed by atoms with Gasteiger partial charge in [0.25, 0.3) is 0 Å². The molecule has 0 aromatic heterocycles. The molecule has 1 atom stereocenters. The molecule has 2 heteroatoms. The standard InChI is InChI=1S/C13H23NO/c1-12(2,3)13(4,15)8-7-11-14-9-5-6-10-14/h15H,5-6,9-11H2,1-4H3/p+1. The van der Waals surface area contributed by atoms with Crippen molar-refractivity contribution in [2.24, 2.45) is 5.41 Å². The Morgan fingerprint density at radius 1 is 1.13 bits per heavy atom. The molecule has 0 aromatic carbocycles. The fraction of sp³-hybridized carbons (Fsp3) is 0.846. The van der Waals surface area contributed by atoms with Crippen LogP contribution in [0.1, 0.15) is 40.5 Å². The molecule has 1 aliphatic rings. The molecule has 1 heterocycles. The SMILES string of the molecule is CC(C)(C)C(C)(O)C#CC[NH+]1CCCC1. The second kappa shape index (κ2) is 4.55. The molecular weight excluding hydrogens is 186 g/mol. The minimum atomic E-state index is -0.883. The highest BCUT2D eigenvalue weighted by Gasteiger charge is 2.33. The quantitative estimate of drug-likeness (QED) is 0.604. The first-order valence-corrected chi connectivity index (χ1v) is 5.89. The Kier molecular flexibility index (Phi) is 3.81. The largest absolute Gasteiger partial charge is 0.377 e. The molecule has 0 bridgehead atoms. The highest BCUT2D eigenvalue weighted by atomic mass is 16.3. The summed E-state index contributed by atoms with van der Waals surface area (Å²) in [5.74, 6) is 6.15. The summed E-state index contributed by atoms with van der Waals surface area (Å²) in [4.78, 5) is 1.56. The third-order valence-corrected chi connectivity index (χ3v) is 3.44. The molecule has 2 N–H and O–H groups in total. The molecule has 86 valence electrons. The lowest BCUT2D eigenvalue weighted by Gasteiger charge is -2.32. The third-order valence-electron chi connectivity index (χ3n) is 3.44. The van der Waals surface area contributed by atoms with E-state index >= 15 is 0 Å². The van der Waals surface area contributed by atoms with E-state index < -0.39 is 5.60 Å². The molecule has 15 heavy (non-hydrogen) atoms. The molecular formula is C13H24NO+. The van der Waals surface area contributed by atoms with E-state index in [-0.39, 0.29) is 5.41 Å². The molecule has 2 nitrogen and oxygen atoms in total. The zero-order valence-corrected chi connectivity index (χ0v) is 10.5. The topological polar surface area (TPSA) is 24.7 Å². The summed E-state index contributed by atoms with van der Waals surface area (Å²) < 4.78 is 0. The van der Waals surface area contributed by atoms with Crippen molar-refractivity contribution in [3.63, 3.8) is 0 Å². The molecule has 0 aliphatic carbocycles. The maximum atomic E-state index is 10.1. The number of hydrogen-bond donors (Lipinski definition) is 2. The van der Waals surface area contributed by atoms with Crippen LogP contribution in [-0.4, -0.2) is 30.3 Å². The monoisotopic (exact) mass is 210 g/mol. The van der Waals surface area contributed by atoms with Crippen molar-refractivity contribution in [3.8, 4) is 11.8 Å². The van der Waals surface area contributed by atoms with E-state index in [0.717, 1.165) is 6.54 Å². The lowest BCUT2D eigenvalue weighted by atomic mass is 9.78. The van der Waals surface area contributed by atoms with Crippen LogP contribution in [0.25, 0.3) is 0 Å². The van der Waals surface area contributed by atoms with Gasteiger partial charge in [0.15, 0.2) is 0 Å². The maximum absolute atomic E-state index is 10.1. The highest BCUT2D eigenvalue weighted by Crippen LogP contribution is 2.28. The summed E-state index contributed by atoms with van der Waals surface area (Å²) in [6.07, 6.45) is 2.65. The normalized spacial score (nSPS) is 21.9. The van der Waals surface area contributed by atoms with Gasteiger partial charge in [0, 0.05) is 18.3 Å². The van der Waals surface area contributed by atoms with Crippen molar-refractivity contribution < 1.29 is 10.0 Å². The van der Waals surface area contributed by atoms with Gasteiger partial charge in [0.05, 0.1) is 13.1 Å². The van der Waals surface area contributed by atoms with E-state index in [9.17, 15) is 5.11 Å². The fourth-order valence-electron chi connectivity index (χ4n) is 1.58. The zero-order chi connectivity index (χ0) is 11.5. The van der Waals surface area contributed by atoms with E-state index in [4.69, 9.17) is 0 Å². The van der Waals surface area contributed by atoms with E-state index in [1.807, 2.05) is 20.8 Å². The Bertz CT molecular complexity index is 258. The Balaban J connectivity index is 2.49. The molecule has 0 aromatic rings. The Labute approximate surface area is 93.7 Å². The summed E-state index contributed by atoms with van der Waals surface area (Å²) in [5.41, 5.74) is -1.06. The van der Waals surface area contributed by atoms with Crippen LogP contribution in [0.15, 0.2) is 0 Å². The fourth-order valence-corrected chi connectivity index (χ4v) is 1.58. The summed E-state index contributed by atoms with van der Waals surface area (Å²) in [6.45, 7) is 11.2. The van der Waals surface area contributed by atoms with Gasteiger partial charge >= 0.3 is 0 Å². The predicted molar refractivity (Wildman–Crippen MR) is 62.7 cm³/mol. The number of quaternary nitrogens is 1. The lowest BCUT2D eigenvalue weighted by molar-refractivity contribution is -0.879. The maximum Gasteiger partial charge on any atom is 0.139 e. The van der Waals surface area contributed by atoms with Gasteiger partial charge in [0.2, 0.25) is 0 Å². The summed E-state index contributed by atoms with van der Waals surface area (Å²) in [5, 5.41) is 10.1. The van der Waals surface area contributed by atoms with Gasteiger partial charge in [-0.15, -0.1) is 0 Å². The molecule has 0 amide bonds. The van der Waals surface area contributed by atoms with Gasteiger partial charge in [-0.05, 0) is 12.8 Å². The Morgan fingerprint density at radius 3 is 2.13 bits per heavy atom. The van der Waals surface area contributed by atoms with Gasteiger partial charge in [-0.2, -0.15) is 0 Å². The van der Waals surface area contributed by atoms with Crippen LogP contribution in [0.4, 0.5) is 0 Å².